The Hall–Kier alpha value is -4.60. The lowest BCUT2D eigenvalue weighted by Crippen LogP contribution is -2.53. The van der Waals surface area contributed by atoms with Crippen LogP contribution in [-0.4, -0.2) is 83.2 Å². The highest BCUT2D eigenvalue weighted by Gasteiger charge is 2.39. The number of nitrogens with zero attached hydrogens (tertiary/aromatic N) is 3. The summed E-state index contributed by atoms with van der Waals surface area (Å²) in [7, 11) is 0. The van der Waals surface area contributed by atoms with E-state index in [1.165, 1.54) is 9.80 Å². The normalized spacial score (nSPS) is 16.1. The molecule has 2 heterocycles. The van der Waals surface area contributed by atoms with E-state index in [-0.39, 0.29) is 51.1 Å². The van der Waals surface area contributed by atoms with Gasteiger partial charge in [-0.1, -0.05) is 18.2 Å². The van der Waals surface area contributed by atoms with Crippen LogP contribution in [0.2, 0.25) is 0 Å². The number of nitrogens with one attached hydrogen (secondary N) is 2. The second-order valence-corrected chi connectivity index (χ2v) is 10.9. The van der Waals surface area contributed by atoms with E-state index in [4.69, 9.17) is 17.2 Å². The first-order chi connectivity index (χ1) is 21.9. The smallest absolute Gasteiger partial charge is 0.340 e. The number of alkyl halides is 3. The molecule has 0 radical (unpaired) electrons. The van der Waals surface area contributed by atoms with Crippen molar-refractivity contribution in [2.45, 2.75) is 43.6 Å². The average Bonchev–Trinajstić information content (AvgIpc) is 3.53. The van der Waals surface area contributed by atoms with Crippen LogP contribution in [0, 0.1) is 0 Å². The van der Waals surface area contributed by atoms with Crippen LogP contribution in [0.5, 0.6) is 0 Å². The van der Waals surface area contributed by atoms with E-state index in [2.05, 4.69) is 15.6 Å². The fourth-order valence-electron chi connectivity index (χ4n) is 5.36. The first-order valence-electron chi connectivity index (χ1n) is 14.8. The van der Waals surface area contributed by atoms with Crippen molar-refractivity contribution in [3.8, 4) is 0 Å². The molecule has 4 amide bonds. The topological polar surface area (TPSA) is 190 Å². The Labute approximate surface area is 263 Å². The summed E-state index contributed by atoms with van der Waals surface area (Å²) in [6, 6.07) is 8.71. The van der Waals surface area contributed by atoms with Crippen molar-refractivity contribution in [1.29, 1.82) is 0 Å². The summed E-state index contributed by atoms with van der Waals surface area (Å²) in [6.45, 7) is 1.09. The quantitative estimate of drug-likeness (QED) is 0.196. The zero-order valence-electron chi connectivity index (χ0n) is 25.0. The molecule has 246 valence electrons. The van der Waals surface area contributed by atoms with Gasteiger partial charge in [0.1, 0.15) is 12.1 Å². The van der Waals surface area contributed by atoms with Crippen LogP contribution in [0.25, 0.3) is 10.9 Å². The van der Waals surface area contributed by atoms with Crippen molar-refractivity contribution in [2.75, 3.05) is 38.0 Å². The maximum atomic E-state index is 13.6. The molecule has 0 aliphatic carbocycles. The number of amides is 4. The molecule has 1 unspecified atom stereocenters. The lowest BCUT2D eigenvalue weighted by Gasteiger charge is -2.29. The summed E-state index contributed by atoms with van der Waals surface area (Å²) in [4.78, 5) is 60.1. The van der Waals surface area contributed by atoms with E-state index in [0.717, 1.165) is 29.7 Å². The van der Waals surface area contributed by atoms with Crippen LogP contribution in [0.3, 0.4) is 0 Å². The summed E-state index contributed by atoms with van der Waals surface area (Å²) < 4.78 is 39.8. The van der Waals surface area contributed by atoms with E-state index < -0.39 is 53.5 Å². The second kappa shape index (κ2) is 15.1. The van der Waals surface area contributed by atoms with Gasteiger partial charge < -0.3 is 37.6 Å². The maximum Gasteiger partial charge on any atom is 0.416 e. The number of hydrogen-bond acceptors (Lipinski definition) is 8. The molecule has 0 spiro atoms. The summed E-state index contributed by atoms with van der Waals surface area (Å²) in [5, 5.41) is 6.07. The zero-order chi connectivity index (χ0) is 33.4. The fraction of sp³-hybridized carbons (Fsp3) is 0.387. The number of rotatable bonds is 12. The highest BCUT2D eigenvalue weighted by molar-refractivity contribution is 6.00. The van der Waals surface area contributed by atoms with Gasteiger partial charge in [-0.3, -0.25) is 24.2 Å². The van der Waals surface area contributed by atoms with Gasteiger partial charge in [0.2, 0.25) is 17.7 Å². The monoisotopic (exact) mass is 642 g/mol. The predicted molar refractivity (Wildman–Crippen MR) is 165 cm³/mol. The van der Waals surface area contributed by atoms with Crippen LogP contribution in [-0.2, 0) is 25.4 Å². The number of carbonyl (C=O) groups is 4. The van der Waals surface area contributed by atoms with E-state index >= 15 is 0 Å². The Balaban J connectivity index is 1.53. The molecule has 46 heavy (non-hydrogen) atoms. The summed E-state index contributed by atoms with van der Waals surface area (Å²) in [5.41, 5.74) is 17.5. The largest absolute Gasteiger partial charge is 0.416 e. The molecule has 3 aromatic rings. The van der Waals surface area contributed by atoms with Crippen LogP contribution in [0.1, 0.15) is 36.4 Å². The molecule has 12 nitrogen and oxygen atoms in total. The molecule has 1 aromatic heterocycles. The first-order valence-corrected chi connectivity index (χ1v) is 14.8. The SMILES string of the molecule is NCCN(CCN)C(=O)C[C@H](N)C(=O)N1CCC[C@H]1C(=O)NC(C(=O)Nc1ccc2ncccc2c1)c1ccc(C(F)(F)F)cc1. The van der Waals surface area contributed by atoms with Crippen molar-refractivity contribution < 1.29 is 32.3 Å². The molecule has 1 saturated heterocycles. The third-order valence-corrected chi connectivity index (χ3v) is 7.69. The molecule has 4 rings (SSSR count). The summed E-state index contributed by atoms with van der Waals surface area (Å²) >= 11 is 0. The Kier molecular flexibility index (Phi) is 11.3. The number of aromatic nitrogens is 1. The Morgan fingerprint density at radius 2 is 1.72 bits per heavy atom. The number of fused-ring (bicyclic) bond motifs is 1. The van der Waals surface area contributed by atoms with Gasteiger partial charge in [-0.25, -0.2) is 0 Å². The number of nitrogens with two attached hydrogens (primary N) is 3. The van der Waals surface area contributed by atoms with Crippen molar-refractivity contribution in [1.82, 2.24) is 20.1 Å². The molecular weight excluding hydrogens is 605 g/mol. The third-order valence-electron chi connectivity index (χ3n) is 7.69. The van der Waals surface area contributed by atoms with Crippen LogP contribution < -0.4 is 27.8 Å². The third kappa shape index (κ3) is 8.35. The lowest BCUT2D eigenvalue weighted by atomic mass is 10.0. The summed E-state index contributed by atoms with van der Waals surface area (Å²) in [5.74, 6) is -2.43. The van der Waals surface area contributed by atoms with Crippen molar-refractivity contribution in [3.05, 3.63) is 71.9 Å². The number of pyridine rings is 1. The standard InChI is InChI=1S/C31H37F3N8O4/c32-31(33,34)21-7-5-19(6-8-21)27(29(45)39-22-9-10-24-20(17-22)3-1-13-38-24)40-28(44)25-4-2-14-42(25)30(46)23(37)18-26(43)41(15-11-35)16-12-36/h1,3,5-10,13,17,23,25,27H,2,4,11-12,14-16,18,35-37H2,(H,39,45)(H,40,44)/t23-,25-,27?/m0/s1. The van der Waals surface area contributed by atoms with Gasteiger partial charge in [-0.05, 0) is 54.8 Å². The molecule has 3 atom stereocenters. The molecule has 8 N–H and O–H groups in total. The predicted octanol–water partition coefficient (Wildman–Crippen LogP) is 1.50. The minimum absolute atomic E-state index is 0.0966. The highest BCUT2D eigenvalue weighted by atomic mass is 19.4. The fourth-order valence-corrected chi connectivity index (χ4v) is 5.36. The number of hydrogen-bond donors (Lipinski definition) is 5. The molecule has 1 fully saturated rings. The van der Waals surface area contributed by atoms with Gasteiger partial charge in [-0.15, -0.1) is 0 Å². The van der Waals surface area contributed by atoms with Gasteiger partial charge in [0.25, 0.3) is 5.91 Å². The van der Waals surface area contributed by atoms with Crippen molar-refractivity contribution in [2.24, 2.45) is 17.2 Å². The highest BCUT2D eigenvalue weighted by Crippen LogP contribution is 2.30. The van der Waals surface area contributed by atoms with Crippen LogP contribution >= 0.6 is 0 Å². The van der Waals surface area contributed by atoms with E-state index in [9.17, 15) is 32.3 Å². The maximum absolute atomic E-state index is 13.6. The van der Waals surface area contributed by atoms with E-state index in [0.29, 0.717) is 17.6 Å². The minimum atomic E-state index is -4.60. The van der Waals surface area contributed by atoms with E-state index in [1.807, 2.05) is 0 Å². The molecule has 15 heteroatoms. The number of carbonyl (C=O) groups excluding carboxylic acids is 4. The summed E-state index contributed by atoms with van der Waals surface area (Å²) in [6.07, 6.45) is -2.59. The molecule has 2 aromatic carbocycles. The van der Waals surface area contributed by atoms with Crippen LogP contribution in [0.15, 0.2) is 60.8 Å². The van der Waals surface area contributed by atoms with Crippen molar-refractivity contribution >= 4 is 40.2 Å². The number of benzene rings is 2. The molecule has 0 bridgehead atoms. The van der Waals surface area contributed by atoms with Gasteiger partial charge in [0, 0.05) is 50.0 Å². The lowest BCUT2D eigenvalue weighted by molar-refractivity contribution is -0.142. The van der Waals surface area contributed by atoms with Gasteiger partial charge in [0.05, 0.1) is 23.5 Å². The average molecular weight is 643 g/mol. The molecule has 1 aliphatic heterocycles. The Morgan fingerprint density at radius 1 is 1.02 bits per heavy atom. The number of halogens is 3. The number of likely N-dealkylation sites (tertiary alicyclic amines) is 1. The zero-order valence-corrected chi connectivity index (χ0v) is 25.0. The van der Waals surface area contributed by atoms with Crippen molar-refractivity contribution in [3.63, 3.8) is 0 Å². The first kappa shape index (κ1) is 34.3. The minimum Gasteiger partial charge on any atom is -0.340 e. The Morgan fingerprint density at radius 3 is 2.37 bits per heavy atom. The molecular formula is C31H37F3N8O4. The van der Waals surface area contributed by atoms with Crippen LogP contribution in [0.4, 0.5) is 18.9 Å². The molecule has 0 saturated carbocycles. The number of anilines is 1. The Bertz CT molecular complexity index is 1550. The van der Waals surface area contributed by atoms with Gasteiger partial charge in [0.15, 0.2) is 0 Å². The van der Waals surface area contributed by atoms with E-state index in [1.54, 1.807) is 36.5 Å². The van der Waals surface area contributed by atoms with Gasteiger partial charge >= 0.3 is 6.18 Å². The molecule has 1 aliphatic rings. The van der Waals surface area contributed by atoms with Gasteiger partial charge in [-0.2, -0.15) is 13.2 Å². The second-order valence-electron chi connectivity index (χ2n) is 10.9.